The van der Waals surface area contributed by atoms with Gasteiger partial charge in [-0.2, -0.15) is 0 Å². The van der Waals surface area contributed by atoms with Gasteiger partial charge in [0.15, 0.2) is 0 Å². The van der Waals surface area contributed by atoms with Crippen molar-refractivity contribution in [1.82, 2.24) is 10.3 Å². The predicted molar refractivity (Wildman–Crippen MR) is 85.5 cm³/mol. The molecule has 2 atom stereocenters. The normalized spacial score (nSPS) is 37.6. The summed E-state index contributed by atoms with van der Waals surface area (Å²) >= 11 is 0. The molecule has 1 heterocycles. The van der Waals surface area contributed by atoms with Crippen LogP contribution in [0.4, 0.5) is 0 Å². The summed E-state index contributed by atoms with van der Waals surface area (Å²) in [6.07, 6.45) is 8.99. The fourth-order valence-electron chi connectivity index (χ4n) is 5.69. The van der Waals surface area contributed by atoms with Crippen molar-refractivity contribution in [1.29, 1.82) is 0 Å². The van der Waals surface area contributed by atoms with E-state index in [1.54, 1.807) is 12.4 Å². The number of carbonyl (C=O) groups excluding carboxylic acids is 2. The Hall–Kier alpha value is -1.91. The Morgan fingerprint density at radius 2 is 1.91 bits per heavy atom. The molecule has 4 aliphatic carbocycles. The highest BCUT2D eigenvalue weighted by atomic mass is 16.2. The molecule has 0 spiro atoms. The van der Waals surface area contributed by atoms with Crippen molar-refractivity contribution >= 4 is 11.8 Å². The molecule has 1 aromatic rings. The second-order valence-corrected chi connectivity index (χ2v) is 8.09. The maximum Gasteiger partial charge on any atom is 0.253 e. The van der Waals surface area contributed by atoms with E-state index in [1.165, 1.54) is 6.42 Å². The van der Waals surface area contributed by atoms with Gasteiger partial charge >= 0.3 is 0 Å². The molecule has 5 nitrogen and oxygen atoms in total. The first-order valence-electron chi connectivity index (χ1n) is 8.44. The van der Waals surface area contributed by atoms with Gasteiger partial charge in [-0.3, -0.25) is 14.6 Å². The van der Waals surface area contributed by atoms with Gasteiger partial charge in [0.2, 0.25) is 5.91 Å². The van der Waals surface area contributed by atoms with E-state index in [4.69, 9.17) is 5.73 Å². The fraction of sp³-hybridized carbons (Fsp3) is 0.611. The summed E-state index contributed by atoms with van der Waals surface area (Å²) < 4.78 is 0. The highest BCUT2D eigenvalue weighted by Gasteiger charge is 2.60. The minimum absolute atomic E-state index is 0.0808. The molecule has 5 heteroatoms. The highest BCUT2D eigenvalue weighted by molar-refractivity contribution is 5.94. The van der Waals surface area contributed by atoms with Gasteiger partial charge in [0.05, 0.1) is 11.0 Å². The number of rotatable bonds is 3. The molecule has 0 saturated heterocycles. The second-order valence-electron chi connectivity index (χ2n) is 8.09. The maximum atomic E-state index is 12.7. The lowest BCUT2D eigenvalue weighted by Crippen LogP contribution is -2.65. The molecule has 1 aromatic heterocycles. The molecule has 4 saturated carbocycles. The predicted octanol–water partition coefficient (Wildman–Crippen LogP) is 1.94. The largest absolute Gasteiger partial charge is 0.369 e. The number of aromatic nitrogens is 1. The van der Waals surface area contributed by atoms with Crippen LogP contribution in [-0.4, -0.2) is 22.3 Å². The zero-order valence-corrected chi connectivity index (χ0v) is 13.5. The summed E-state index contributed by atoms with van der Waals surface area (Å²) in [6.45, 7) is 1.93. The molecule has 4 fully saturated rings. The van der Waals surface area contributed by atoms with Crippen LogP contribution in [0, 0.1) is 24.2 Å². The topological polar surface area (TPSA) is 85.1 Å². The Kier molecular flexibility index (Phi) is 3.06. The lowest BCUT2D eigenvalue weighted by atomic mass is 9.46. The average molecular weight is 313 g/mol. The van der Waals surface area contributed by atoms with Crippen molar-refractivity contribution in [3.8, 4) is 0 Å². The van der Waals surface area contributed by atoms with E-state index in [9.17, 15) is 9.59 Å². The van der Waals surface area contributed by atoms with Crippen LogP contribution in [0.3, 0.4) is 0 Å². The SMILES string of the molecule is Cc1cncc(C(=O)NC23CC4CC(C2)CC(C(N)=O)(C4)C3)c1. The van der Waals surface area contributed by atoms with Crippen LogP contribution in [0.1, 0.15) is 54.4 Å². The number of carbonyl (C=O) groups is 2. The van der Waals surface area contributed by atoms with Crippen molar-refractivity contribution in [2.45, 2.75) is 51.0 Å². The Balaban J connectivity index is 1.61. The molecule has 0 radical (unpaired) electrons. The van der Waals surface area contributed by atoms with E-state index in [1.807, 2.05) is 13.0 Å². The molecule has 2 unspecified atom stereocenters. The molecule has 3 N–H and O–H groups in total. The maximum absolute atomic E-state index is 12.7. The molecule has 4 bridgehead atoms. The van der Waals surface area contributed by atoms with Crippen molar-refractivity contribution in [3.05, 3.63) is 29.6 Å². The first kappa shape index (κ1) is 14.7. The van der Waals surface area contributed by atoms with Gasteiger partial charge < -0.3 is 11.1 Å². The number of nitrogens with zero attached hydrogens (tertiary/aromatic N) is 1. The first-order chi connectivity index (χ1) is 10.9. The Bertz CT molecular complexity index is 671. The lowest BCUT2D eigenvalue weighted by molar-refractivity contribution is -0.146. The van der Waals surface area contributed by atoms with Gasteiger partial charge in [0.25, 0.3) is 5.91 Å². The van der Waals surface area contributed by atoms with Crippen LogP contribution in [0.2, 0.25) is 0 Å². The molecule has 23 heavy (non-hydrogen) atoms. The minimum atomic E-state index is -0.401. The van der Waals surface area contributed by atoms with Gasteiger partial charge in [-0.25, -0.2) is 0 Å². The van der Waals surface area contributed by atoms with Crippen molar-refractivity contribution in [2.24, 2.45) is 23.0 Å². The Morgan fingerprint density at radius 1 is 1.22 bits per heavy atom. The summed E-state index contributed by atoms with van der Waals surface area (Å²) in [5, 5.41) is 3.26. The number of hydrogen-bond donors (Lipinski definition) is 2. The number of primary amides is 1. The van der Waals surface area contributed by atoms with Gasteiger partial charge in [0.1, 0.15) is 0 Å². The van der Waals surface area contributed by atoms with Crippen LogP contribution >= 0.6 is 0 Å². The van der Waals surface area contributed by atoms with E-state index in [0.29, 0.717) is 23.8 Å². The molecule has 0 aliphatic heterocycles. The minimum Gasteiger partial charge on any atom is -0.369 e. The third kappa shape index (κ3) is 2.33. The monoisotopic (exact) mass is 313 g/mol. The van der Waals surface area contributed by atoms with Crippen molar-refractivity contribution in [3.63, 3.8) is 0 Å². The smallest absolute Gasteiger partial charge is 0.253 e. The summed E-state index contributed by atoms with van der Waals surface area (Å²) in [5.41, 5.74) is 6.65. The van der Waals surface area contributed by atoms with Crippen molar-refractivity contribution < 1.29 is 9.59 Å². The molecular weight excluding hydrogens is 290 g/mol. The number of pyridine rings is 1. The zero-order valence-electron chi connectivity index (χ0n) is 13.5. The lowest BCUT2D eigenvalue weighted by Gasteiger charge is -2.61. The van der Waals surface area contributed by atoms with Crippen LogP contribution in [-0.2, 0) is 4.79 Å². The number of nitrogens with two attached hydrogens (primary N) is 1. The third-order valence-electron chi connectivity index (χ3n) is 6.10. The number of aryl methyl sites for hydroxylation is 1. The molecule has 122 valence electrons. The summed E-state index contributed by atoms with van der Waals surface area (Å²) in [5.74, 6) is 0.768. The summed E-state index contributed by atoms with van der Waals surface area (Å²) in [6, 6.07) is 1.85. The van der Waals surface area contributed by atoms with E-state index < -0.39 is 5.41 Å². The molecule has 4 aliphatic rings. The van der Waals surface area contributed by atoms with Gasteiger partial charge in [-0.15, -0.1) is 0 Å². The first-order valence-corrected chi connectivity index (χ1v) is 8.44. The highest BCUT2D eigenvalue weighted by Crippen LogP contribution is 2.61. The number of hydrogen-bond acceptors (Lipinski definition) is 3. The molecule has 5 rings (SSSR count). The summed E-state index contributed by atoms with van der Waals surface area (Å²) in [4.78, 5) is 28.9. The fourth-order valence-corrected chi connectivity index (χ4v) is 5.69. The zero-order chi connectivity index (χ0) is 16.2. The van der Waals surface area contributed by atoms with Gasteiger partial charge in [-0.1, -0.05) is 0 Å². The molecule has 2 amide bonds. The molecule has 0 aromatic carbocycles. The average Bonchev–Trinajstić information content (AvgIpc) is 2.45. The quantitative estimate of drug-likeness (QED) is 0.894. The van der Waals surface area contributed by atoms with Crippen molar-refractivity contribution in [2.75, 3.05) is 0 Å². The van der Waals surface area contributed by atoms with Gasteiger partial charge in [0, 0.05) is 17.9 Å². The van der Waals surface area contributed by atoms with E-state index >= 15 is 0 Å². The van der Waals surface area contributed by atoms with E-state index in [2.05, 4.69) is 10.3 Å². The summed E-state index contributed by atoms with van der Waals surface area (Å²) in [7, 11) is 0. The molecular formula is C18H23N3O2. The van der Waals surface area contributed by atoms with E-state index in [-0.39, 0.29) is 17.4 Å². The number of nitrogens with one attached hydrogen (secondary N) is 1. The van der Waals surface area contributed by atoms with E-state index in [0.717, 1.165) is 31.2 Å². The second kappa shape index (κ2) is 4.79. The van der Waals surface area contributed by atoms with Crippen LogP contribution in [0.5, 0.6) is 0 Å². The number of amides is 2. The Labute approximate surface area is 136 Å². The third-order valence-corrected chi connectivity index (χ3v) is 6.10. The van der Waals surface area contributed by atoms with Gasteiger partial charge in [-0.05, 0) is 68.9 Å². The standard InChI is InChI=1S/C18H23N3O2/c1-11-2-14(9-20-8-11)15(22)21-18-6-12-3-13(7-18)5-17(4-12,10-18)16(19)23/h2,8-9,12-13H,3-7,10H2,1H3,(H2,19,23)(H,21,22). The van der Waals surface area contributed by atoms with Crippen LogP contribution < -0.4 is 11.1 Å². The Morgan fingerprint density at radius 3 is 2.52 bits per heavy atom. The van der Waals surface area contributed by atoms with Crippen LogP contribution in [0.15, 0.2) is 18.5 Å². The van der Waals surface area contributed by atoms with Crippen LogP contribution in [0.25, 0.3) is 0 Å².